The van der Waals surface area contributed by atoms with E-state index in [1.165, 1.54) is 6.92 Å². The van der Waals surface area contributed by atoms with Crippen molar-refractivity contribution < 1.29 is 4.79 Å². The lowest BCUT2D eigenvalue weighted by Crippen LogP contribution is -2.09. The number of anilines is 2. The van der Waals surface area contributed by atoms with Crippen LogP contribution in [0.15, 0.2) is 41.5 Å². The fourth-order valence-electron chi connectivity index (χ4n) is 2.54. The average molecular weight is 266 g/mol. The van der Waals surface area contributed by atoms with Gasteiger partial charge in [0.2, 0.25) is 5.91 Å². The molecule has 0 saturated carbocycles. The van der Waals surface area contributed by atoms with E-state index in [9.17, 15) is 4.79 Å². The van der Waals surface area contributed by atoms with Crippen LogP contribution in [-0.4, -0.2) is 11.6 Å². The van der Waals surface area contributed by atoms with Crippen LogP contribution in [0.4, 0.5) is 11.4 Å². The molecule has 0 fully saturated rings. The minimum Gasteiger partial charge on any atom is -0.397 e. The Morgan fingerprint density at radius 1 is 1.10 bits per heavy atom. The van der Waals surface area contributed by atoms with Gasteiger partial charge in [-0.1, -0.05) is 24.3 Å². The van der Waals surface area contributed by atoms with E-state index < -0.39 is 0 Å². The highest BCUT2D eigenvalue weighted by atomic mass is 16.1. The molecule has 0 atom stereocenters. The topological polar surface area (TPSA) is 93.5 Å². The first-order valence-electron chi connectivity index (χ1n) is 6.21. The third-order valence-electron chi connectivity index (χ3n) is 3.36. The summed E-state index contributed by atoms with van der Waals surface area (Å²) in [6, 6.07) is 11.5. The van der Waals surface area contributed by atoms with Gasteiger partial charge >= 0.3 is 0 Å². The van der Waals surface area contributed by atoms with Crippen molar-refractivity contribution in [3.05, 3.63) is 47.5 Å². The Kier molecular flexibility index (Phi) is 2.68. The lowest BCUT2D eigenvalue weighted by molar-refractivity contribution is -0.114. The molecule has 1 aliphatic carbocycles. The fraction of sp³-hybridized carbons (Fsp3) is 0.0667. The van der Waals surface area contributed by atoms with Crippen molar-refractivity contribution in [1.29, 1.82) is 0 Å². The highest BCUT2D eigenvalue weighted by Gasteiger charge is 2.25. The van der Waals surface area contributed by atoms with Crippen molar-refractivity contribution in [3.8, 4) is 11.1 Å². The van der Waals surface area contributed by atoms with Crippen LogP contribution in [-0.2, 0) is 4.79 Å². The van der Waals surface area contributed by atoms with Gasteiger partial charge in [0, 0.05) is 18.1 Å². The van der Waals surface area contributed by atoms with Gasteiger partial charge in [0.25, 0.3) is 0 Å². The van der Waals surface area contributed by atoms with Gasteiger partial charge < -0.3 is 16.9 Å². The van der Waals surface area contributed by atoms with Crippen LogP contribution >= 0.6 is 0 Å². The molecule has 0 aliphatic heterocycles. The molecule has 0 aromatic heterocycles. The largest absolute Gasteiger partial charge is 0.397 e. The summed E-state index contributed by atoms with van der Waals surface area (Å²) in [5.74, 6) is 5.35. The summed E-state index contributed by atoms with van der Waals surface area (Å²) in [7, 11) is 0. The SMILES string of the molecule is CC(=O)Nc1cc2c(cc1N)-c1ccccc1/C2=N/N. The van der Waals surface area contributed by atoms with E-state index in [1.54, 1.807) is 0 Å². The Labute approximate surface area is 116 Å². The maximum Gasteiger partial charge on any atom is 0.221 e. The summed E-state index contributed by atoms with van der Waals surface area (Å²) in [6.45, 7) is 1.44. The molecule has 2 aromatic carbocycles. The maximum atomic E-state index is 11.2. The minimum atomic E-state index is -0.168. The fourth-order valence-corrected chi connectivity index (χ4v) is 2.54. The van der Waals surface area contributed by atoms with Crippen LogP contribution in [0.1, 0.15) is 18.1 Å². The summed E-state index contributed by atoms with van der Waals surface area (Å²) in [5.41, 5.74) is 11.7. The predicted molar refractivity (Wildman–Crippen MR) is 80.4 cm³/mol. The molecule has 3 rings (SSSR count). The number of amides is 1. The molecule has 0 spiro atoms. The molecule has 0 bridgehead atoms. The Balaban J connectivity index is 2.24. The Morgan fingerprint density at radius 2 is 1.80 bits per heavy atom. The lowest BCUT2D eigenvalue weighted by atomic mass is 10.0. The van der Waals surface area contributed by atoms with Crippen molar-refractivity contribution >= 4 is 23.0 Å². The number of hydrogen-bond acceptors (Lipinski definition) is 4. The van der Waals surface area contributed by atoms with Gasteiger partial charge in [-0.3, -0.25) is 4.79 Å². The van der Waals surface area contributed by atoms with Crippen LogP contribution < -0.4 is 16.9 Å². The standard InChI is InChI=1S/C15H14N4O/c1-8(20)18-14-7-12-11(6-13(14)16)9-4-2-3-5-10(9)15(12)19-17/h2-7H,16-17H2,1H3,(H,18,20)/b19-15-. The quantitative estimate of drug-likeness (QED) is 0.357. The van der Waals surface area contributed by atoms with E-state index in [4.69, 9.17) is 11.6 Å². The molecule has 5 N–H and O–H groups in total. The van der Waals surface area contributed by atoms with Crippen molar-refractivity contribution in [2.24, 2.45) is 10.9 Å². The number of hydrogen-bond donors (Lipinski definition) is 3. The summed E-state index contributed by atoms with van der Waals surface area (Å²) in [4.78, 5) is 11.2. The zero-order chi connectivity index (χ0) is 14.3. The minimum absolute atomic E-state index is 0.168. The molecule has 0 radical (unpaired) electrons. The normalized spacial score (nSPS) is 13.9. The smallest absolute Gasteiger partial charge is 0.221 e. The van der Waals surface area contributed by atoms with E-state index in [0.29, 0.717) is 17.1 Å². The predicted octanol–water partition coefficient (Wildman–Crippen LogP) is 1.92. The summed E-state index contributed by atoms with van der Waals surface area (Å²) < 4.78 is 0. The first-order valence-corrected chi connectivity index (χ1v) is 6.21. The van der Waals surface area contributed by atoms with Gasteiger partial charge in [-0.25, -0.2) is 0 Å². The zero-order valence-corrected chi connectivity index (χ0v) is 11.0. The van der Waals surface area contributed by atoms with Gasteiger partial charge in [-0.2, -0.15) is 5.10 Å². The first kappa shape index (κ1) is 12.2. The molecule has 1 aliphatic rings. The van der Waals surface area contributed by atoms with Crippen LogP contribution in [0.2, 0.25) is 0 Å². The van der Waals surface area contributed by atoms with Crippen molar-refractivity contribution in [2.75, 3.05) is 11.1 Å². The Hall–Kier alpha value is -2.82. The molecular weight excluding hydrogens is 252 g/mol. The van der Waals surface area contributed by atoms with Gasteiger partial charge in [0.1, 0.15) is 0 Å². The molecule has 0 heterocycles. The van der Waals surface area contributed by atoms with E-state index in [0.717, 1.165) is 22.3 Å². The number of carbonyl (C=O) groups excluding carboxylic acids is 1. The molecule has 0 unspecified atom stereocenters. The van der Waals surface area contributed by atoms with Gasteiger partial charge in [0.15, 0.2) is 0 Å². The summed E-state index contributed by atoms with van der Waals surface area (Å²) in [5, 5.41) is 6.60. The summed E-state index contributed by atoms with van der Waals surface area (Å²) >= 11 is 0. The third kappa shape index (κ3) is 1.72. The summed E-state index contributed by atoms with van der Waals surface area (Å²) in [6.07, 6.45) is 0. The molecule has 1 amide bonds. The monoisotopic (exact) mass is 266 g/mol. The molecule has 100 valence electrons. The lowest BCUT2D eigenvalue weighted by Gasteiger charge is -2.09. The van der Waals surface area contributed by atoms with E-state index in [-0.39, 0.29) is 5.91 Å². The maximum absolute atomic E-state index is 11.2. The third-order valence-corrected chi connectivity index (χ3v) is 3.36. The van der Waals surface area contributed by atoms with E-state index in [2.05, 4.69) is 10.4 Å². The van der Waals surface area contributed by atoms with E-state index >= 15 is 0 Å². The molecule has 2 aromatic rings. The average Bonchev–Trinajstić information content (AvgIpc) is 2.72. The van der Waals surface area contributed by atoms with Gasteiger partial charge in [-0.15, -0.1) is 0 Å². The van der Waals surface area contributed by atoms with Crippen LogP contribution in [0.25, 0.3) is 11.1 Å². The van der Waals surface area contributed by atoms with E-state index in [1.807, 2.05) is 36.4 Å². The molecule has 20 heavy (non-hydrogen) atoms. The number of nitrogens with zero attached hydrogens (tertiary/aromatic N) is 1. The number of nitrogens with two attached hydrogens (primary N) is 2. The number of carbonyl (C=O) groups is 1. The van der Waals surface area contributed by atoms with Gasteiger partial charge in [-0.05, 0) is 23.3 Å². The molecule has 5 nitrogen and oxygen atoms in total. The molecular formula is C15H14N4O. The Morgan fingerprint density at radius 3 is 2.45 bits per heavy atom. The van der Waals surface area contributed by atoms with Gasteiger partial charge in [0.05, 0.1) is 17.1 Å². The Bertz CT molecular complexity index is 750. The van der Waals surface area contributed by atoms with Crippen LogP contribution in [0.3, 0.4) is 0 Å². The van der Waals surface area contributed by atoms with Crippen LogP contribution in [0.5, 0.6) is 0 Å². The second-order valence-electron chi connectivity index (χ2n) is 4.69. The second-order valence-corrected chi connectivity index (χ2v) is 4.69. The second kappa shape index (κ2) is 4.38. The number of fused-ring (bicyclic) bond motifs is 3. The number of benzene rings is 2. The number of rotatable bonds is 1. The highest BCUT2D eigenvalue weighted by Crippen LogP contribution is 2.40. The molecule has 5 heteroatoms. The highest BCUT2D eigenvalue weighted by molar-refractivity contribution is 6.25. The first-order chi connectivity index (χ1) is 9.61. The molecule has 0 saturated heterocycles. The van der Waals surface area contributed by atoms with Crippen molar-refractivity contribution in [1.82, 2.24) is 0 Å². The number of nitrogen functional groups attached to an aromatic ring is 1. The zero-order valence-electron chi connectivity index (χ0n) is 11.0. The van der Waals surface area contributed by atoms with Crippen molar-refractivity contribution in [2.45, 2.75) is 6.92 Å². The van der Waals surface area contributed by atoms with Crippen molar-refractivity contribution in [3.63, 3.8) is 0 Å². The number of nitrogens with one attached hydrogen (secondary N) is 1. The number of hydrazone groups is 1. The van der Waals surface area contributed by atoms with Crippen LogP contribution in [0, 0.1) is 0 Å².